The van der Waals surface area contributed by atoms with Crippen LogP contribution in [0.1, 0.15) is 19.4 Å². The third-order valence-corrected chi connectivity index (χ3v) is 3.85. The van der Waals surface area contributed by atoms with Gasteiger partial charge in [0, 0.05) is 17.0 Å². The molecule has 0 bridgehead atoms. The molecule has 5 nitrogen and oxygen atoms in total. The summed E-state index contributed by atoms with van der Waals surface area (Å²) in [7, 11) is 0. The molecule has 1 aromatic rings. The molecular formula is C14H13BrN2O3S. The van der Waals surface area contributed by atoms with Gasteiger partial charge in [0.2, 0.25) is 5.91 Å². The van der Waals surface area contributed by atoms with Gasteiger partial charge in [-0.15, -0.1) is 0 Å². The molecule has 0 unspecified atom stereocenters. The number of carbonyl (C=O) groups is 2. The summed E-state index contributed by atoms with van der Waals surface area (Å²) in [5.74, 6) is 0.0634. The number of hydrogen-bond acceptors (Lipinski definition) is 4. The summed E-state index contributed by atoms with van der Waals surface area (Å²) in [5, 5.41) is 2.81. The highest BCUT2D eigenvalue weighted by Gasteiger charge is 2.23. The Labute approximate surface area is 135 Å². The number of nitrogens with zero attached hydrogens (tertiary/aromatic N) is 1. The molecule has 1 aliphatic heterocycles. The van der Waals surface area contributed by atoms with Gasteiger partial charge in [-0.3, -0.25) is 9.59 Å². The molecule has 1 N–H and O–H groups in total. The highest BCUT2D eigenvalue weighted by Crippen LogP contribution is 2.31. The minimum Gasteiger partial charge on any atom is -0.493 e. The molecule has 1 heterocycles. The Morgan fingerprint density at radius 3 is 2.95 bits per heavy atom. The van der Waals surface area contributed by atoms with E-state index in [-0.39, 0.29) is 11.8 Å². The van der Waals surface area contributed by atoms with Crippen LogP contribution < -0.4 is 10.1 Å². The van der Waals surface area contributed by atoms with Crippen LogP contribution in [0.3, 0.4) is 0 Å². The van der Waals surface area contributed by atoms with Gasteiger partial charge in [0.25, 0.3) is 5.91 Å². The third kappa shape index (κ3) is 4.18. The van der Waals surface area contributed by atoms with Crippen molar-refractivity contribution in [2.75, 3.05) is 6.61 Å². The van der Waals surface area contributed by atoms with Gasteiger partial charge in [-0.25, -0.2) is 0 Å². The number of amides is 2. The molecule has 0 atom stereocenters. The van der Waals surface area contributed by atoms with Gasteiger partial charge >= 0.3 is 0 Å². The lowest BCUT2D eigenvalue weighted by molar-refractivity contribution is -0.117. The fourth-order valence-corrected chi connectivity index (χ4v) is 2.90. The Hall–Kier alpha value is -1.60. The van der Waals surface area contributed by atoms with E-state index in [2.05, 4.69) is 26.2 Å². The zero-order valence-corrected chi connectivity index (χ0v) is 13.9. The van der Waals surface area contributed by atoms with Crippen molar-refractivity contribution >= 4 is 50.7 Å². The van der Waals surface area contributed by atoms with Gasteiger partial charge in [-0.1, -0.05) is 15.9 Å². The number of ether oxygens (including phenoxy) is 1. The monoisotopic (exact) mass is 368 g/mol. The lowest BCUT2D eigenvalue weighted by Gasteiger charge is -2.08. The maximum absolute atomic E-state index is 11.8. The van der Waals surface area contributed by atoms with E-state index in [4.69, 9.17) is 4.74 Å². The Morgan fingerprint density at radius 2 is 2.29 bits per heavy atom. The van der Waals surface area contributed by atoms with E-state index in [1.54, 1.807) is 6.08 Å². The second-order valence-electron chi connectivity index (χ2n) is 4.13. The zero-order valence-electron chi connectivity index (χ0n) is 11.5. The van der Waals surface area contributed by atoms with Gasteiger partial charge in [0.05, 0.1) is 11.5 Å². The highest BCUT2D eigenvalue weighted by molar-refractivity contribution is 9.10. The minimum atomic E-state index is -0.369. The Balaban J connectivity index is 2.27. The fraction of sp³-hybridized carbons (Fsp3) is 0.214. The topological polar surface area (TPSA) is 67.8 Å². The average Bonchev–Trinajstić information content (AvgIpc) is 2.72. The number of thioether (sulfide) groups is 1. The van der Waals surface area contributed by atoms with Crippen molar-refractivity contribution in [2.24, 2.45) is 4.99 Å². The summed E-state index contributed by atoms with van der Waals surface area (Å²) in [6.07, 6.45) is 1.71. The molecule has 0 saturated carbocycles. The third-order valence-electron chi connectivity index (χ3n) is 2.46. The molecule has 2 amide bonds. The number of aliphatic imine (C=N–C) groups is 1. The SMILES string of the molecule is CCOc1ccc(Br)cc1/C=C1/SC(NC(C)=O)=NC1=O. The summed E-state index contributed by atoms with van der Waals surface area (Å²) in [6.45, 7) is 3.80. The van der Waals surface area contributed by atoms with Crippen LogP contribution in [0.15, 0.2) is 32.6 Å². The lowest BCUT2D eigenvalue weighted by Crippen LogP contribution is -2.23. The number of hydrogen-bond donors (Lipinski definition) is 1. The standard InChI is InChI=1S/C14H13BrN2O3S/c1-3-20-11-5-4-10(15)6-9(11)7-12-13(19)17-14(21-12)16-8(2)18/h4-7H,3H2,1-2H3,(H,16,17,18,19)/b12-7+. The number of benzene rings is 1. The largest absolute Gasteiger partial charge is 0.493 e. The van der Waals surface area contributed by atoms with Crippen molar-refractivity contribution in [3.05, 3.63) is 33.1 Å². The van der Waals surface area contributed by atoms with Gasteiger partial charge in [-0.2, -0.15) is 4.99 Å². The summed E-state index contributed by atoms with van der Waals surface area (Å²) in [6, 6.07) is 5.57. The minimum absolute atomic E-state index is 0.257. The first-order valence-corrected chi connectivity index (χ1v) is 7.83. The van der Waals surface area contributed by atoms with Crippen LogP contribution in [0.5, 0.6) is 5.75 Å². The van der Waals surface area contributed by atoms with Crippen LogP contribution in [-0.4, -0.2) is 23.6 Å². The van der Waals surface area contributed by atoms with Gasteiger partial charge in [-0.05, 0) is 43.0 Å². The van der Waals surface area contributed by atoms with Crippen molar-refractivity contribution in [2.45, 2.75) is 13.8 Å². The van der Waals surface area contributed by atoms with E-state index in [9.17, 15) is 9.59 Å². The van der Waals surface area contributed by atoms with E-state index < -0.39 is 0 Å². The highest BCUT2D eigenvalue weighted by atomic mass is 79.9. The normalized spacial score (nSPS) is 16.0. The molecule has 7 heteroatoms. The van der Waals surface area contributed by atoms with E-state index >= 15 is 0 Å². The lowest BCUT2D eigenvalue weighted by atomic mass is 10.2. The number of amidine groups is 1. The molecule has 0 aromatic heterocycles. The fourth-order valence-electron chi connectivity index (χ4n) is 1.67. The molecule has 0 saturated heterocycles. The van der Waals surface area contributed by atoms with Gasteiger partial charge < -0.3 is 10.1 Å². The van der Waals surface area contributed by atoms with Crippen molar-refractivity contribution < 1.29 is 14.3 Å². The van der Waals surface area contributed by atoms with Crippen molar-refractivity contribution in [3.63, 3.8) is 0 Å². The first-order chi connectivity index (χ1) is 9.99. The predicted molar refractivity (Wildman–Crippen MR) is 87.1 cm³/mol. The van der Waals surface area contributed by atoms with Gasteiger partial charge in [0.15, 0.2) is 5.17 Å². The van der Waals surface area contributed by atoms with Crippen LogP contribution in [0.25, 0.3) is 6.08 Å². The molecular weight excluding hydrogens is 356 g/mol. The molecule has 110 valence electrons. The van der Waals surface area contributed by atoms with Crippen LogP contribution in [0, 0.1) is 0 Å². The molecule has 0 aliphatic carbocycles. The van der Waals surface area contributed by atoms with E-state index in [1.807, 2.05) is 25.1 Å². The average molecular weight is 369 g/mol. The first-order valence-electron chi connectivity index (χ1n) is 6.22. The van der Waals surface area contributed by atoms with E-state index in [1.165, 1.54) is 6.92 Å². The van der Waals surface area contributed by atoms with Gasteiger partial charge in [0.1, 0.15) is 5.75 Å². The van der Waals surface area contributed by atoms with Crippen LogP contribution >= 0.6 is 27.7 Å². The molecule has 1 aromatic carbocycles. The second-order valence-corrected chi connectivity index (χ2v) is 6.08. The molecule has 2 rings (SSSR count). The van der Waals surface area contributed by atoms with Crippen molar-refractivity contribution in [1.29, 1.82) is 0 Å². The number of carbonyl (C=O) groups excluding carboxylic acids is 2. The van der Waals surface area contributed by atoms with Crippen molar-refractivity contribution in [1.82, 2.24) is 5.32 Å². The molecule has 21 heavy (non-hydrogen) atoms. The van der Waals surface area contributed by atoms with Crippen molar-refractivity contribution in [3.8, 4) is 5.75 Å². The second kappa shape index (κ2) is 6.91. The Kier molecular flexibility index (Phi) is 5.19. The van der Waals surface area contributed by atoms with Crippen LogP contribution in [0.2, 0.25) is 0 Å². The molecule has 0 radical (unpaired) electrons. The first kappa shape index (κ1) is 15.8. The molecule has 0 fully saturated rings. The predicted octanol–water partition coefficient (Wildman–Crippen LogP) is 2.95. The number of nitrogens with one attached hydrogen (secondary N) is 1. The Bertz CT molecular complexity index is 656. The quantitative estimate of drug-likeness (QED) is 0.832. The number of halogens is 1. The van der Waals surface area contributed by atoms with Crippen LogP contribution in [0.4, 0.5) is 0 Å². The molecule has 1 aliphatic rings. The number of rotatable bonds is 3. The Morgan fingerprint density at radius 1 is 1.52 bits per heavy atom. The molecule has 0 spiro atoms. The van der Waals surface area contributed by atoms with E-state index in [0.717, 1.165) is 21.8 Å². The van der Waals surface area contributed by atoms with Crippen LogP contribution in [-0.2, 0) is 9.59 Å². The smallest absolute Gasteiger partial charge is 0.286 e. The summed E-state index contributed by atoms with van der Waals surface area (Å²) in [4.78, 5) is 27.1. The maximum atomic E-state index is 11.8. The maximum Gasteiger partial charge on any atom is 0.286 e. The summed E-state index contributed by atoms with van der Waals surface area (Å²) < 4.78 is 6.42. The zero-order chi connectivity index (χ0) is 15.4. The van der Waals surface area contributed by atoms with E-state index in [0.29, 0.717) is 22.4 Å². The summed E-state index contributed by atoms with van der Waals surface area (Å²) >= 11 is 4.53. The summed E-state index contributed by atoms with van der Waals surface area (Å²) in [5.41, 5.74) is 0.779.